The molecule has 1 heterocycles. The average Bonchev–Trinajstić information content (AvgIpc) is 2.57. The summed E-state index contributed by atoms with van der Waals surface area (Å²) in [4.78, 5) is 0. The zero-order chi connectivity index (χ0) is 9.10. The zero-order valence-electron chi connectivity index (χ0n) is 7.36. The van der Waals surface area contributed by atoms with Crippen molar-refractivity contribution >= 4 is 0 Å². The Labute approximate surface area is 77.8 Å². The SMILES string of the molecule is N#CCCC1Cc2ccccc2O1. The molecule has 1 aliphatic heterocycles. The van der Waals surface area contributed by atoms with Gasteiger partial charge in [-0.25, -0.2) is 0 Å². The fourth-order valence-corrected chi connectivity index (χ4v) is 1.64. The Hall–Kier alpha value is -1.49. The van der Waals surface area contributed by atoms with E-state index in [9.17, 15) is 0 Å². The molecule has 0 saturated heterocycles. The molecule has 0 aromatic heterocycles. The van der Waals surface area contributed by atoms with Gasteiger partial charge >= 0.3 is 0 Å². The molecule has 1 aliphatic rings. The Bertz CT molecular complexity index is 315. The van der Waals surface area contributed by atoms with E-state index in [-0.39, 0.29) is 6.10 Å². The van der Waals surface area contributed by atoms with Crippen LogP contribution in [0.15, 0.2) is 24.3 Å². The van der Waals surface area contributed by atoms with E-state index in [1.165, 1.54) is 5.56 Å². The lowest BCUT2D eigenvalue weighted by molar-refractivity contribution is 0.223. The van der Waals surface area contributed by atoms with Crippen LogP contribution in [-0.4, -0.2) is 6.10 Å². The minimum absolute atomic E-state index is 0.219. The lowest BCUT2D eigenvalue weighted by atomic mass is 10.1. The smallest absolute Gasteiger partial charge is 0.123 e. The molecule has 2 nitrogen and oxygen atoms in total. The number of nitriles is 1. The van der Waals surface area contributed by atoms with Crippen LogP contribution in [0.25, 0.3) is 0 Å². The lowest BCUT2D eigenvalue weighted by Gasteiger charge is -2.06. The van der Waals surface area contributed by atoms with Crippen molar-refractivity contribution in [2.24, 2.45) is 0 Å². The first-order valence-electron chi connectivity index (χ1n) is 4.51. The quantitative estimate of drug-likeness (QED) is 0.687. The number of hydrogen-bond donors (Lipinski definition) is 0. The first kappa shape index (κ1) is 8.12. The molecule has 0 N–H and O–H groups in total. The molecule has 66 valence electrons. The van der Waals surface area contributed by atoms with Crippen molar-refractivity contribution in [3.8, 4) is 11.8 Å². The van der Waals surface area contributed by atoms with E-state index in [1.54, 1.807) is 0 Å². The highest BCUT2D eigenvalue weighted by Crippen LogP contribution is 2.29. The van der Waals surface area contributed by atoms with Gasteiger partial charge in [-0.2, -0.15) is 5.26 Å². The van der Waals surface area contributed by atoms with Gasteiger partial charge in [0.2, 0.25) is 0 Å². The maximum atomic E-state index is 8.44. The van der Waals surface area contributed by atoms with Gasteiger partial charge in [0.05, 0.1) is 6.07 Å². The number of rotatable bonds is 2. The van der Waals surface area contributed by atoms with Crippen LogP contribution in [-0.2, 0) is 6.42 Å². The molecule has 0 spiro atoms. The maximum absolute atomic E-state index is 8.44. The highest BCUT2D eigenvalue weighted by Gasteiger charge is 2.21. The van der Waals surface area contributed by atoms with E-state index in [0.717, 1.165) is 18.6 Å². The molecule has 0 radical (unpaired) electrons. The van der Waals surface area contributed by atoms with Crippen LogP contribution in [0.5, 0.6) is 5.75 Å². The third kappa shape index (κ3) is 1.65. The van der Waals surface area contributed by atoms with Crippen molar-refractivity contribution < 1.29 is 4.74 Å². The molecule has 0 aliphatic carbocycles. The Morgan fingerprint density at radius 3 is 3.08 bits per heavy atom. The molecule has 1 aromatic rings. The second kappa shape index (κ2) is 3.49. The summed E-state index contributed by atoms with van der Waals surface area (Å²) in [5.74, 6) is 0.991. The molecule has 1 atom stereocenters. The summed E-state index contributed by atoms with van der Waals surface area (Å²) >= 11 is 0. The van der Waals surface area contributed by atoms with E-state index in [4.69, 9.17) is 10.00 Å². The number of fused-ring (bicyclic) bond motifs is 1. The number of nitrogens with zero attached hydrogens (tertiary/aromatic N) is 1. The lowest BCUT2D eigenvalue weighted by Crippen LogP contribution is -2.11. The van der Waals surface area contributed by atoms with Gasteiger partial charge in [0, 0.05) is 12.8 Å². The van der Waals surface area contributed by atoms with Crippen LogP contribution in [0.4, 0.5) is 0 Å². The molecule has 0 bridgehead atoms. The fraction of sp³-hybridized carbons (Fsp3) is 0.364. The Morgan fingerprint density at radius 2 is 2.31 bits per heavy atom. The summed E-state index contributed by atoms with van der Waals surface area (Å²) < 4.78 is 5.66. The molecule has 0 fully saturated rings. The highest BCUT2D eigenvalue weighted by atomic mass is 16.5. The Balaban J connectivity index is 2.02. The van der Waals surface area contributed by atoms with E-state index < -0.39 is 0 Å². The molecule has 13 heavy (non-hydrogen) atoms. The molecule has 0 saturated carbocycles. The van der Waals surface area contributed by atoms with Crippen LogP contribution < -0.4 is 4.74 Å². The third-order valence-electron chi connectivity index (χ3n) is 2.29. The van der Waals surface area contributed by atoms with Gasteiger partial charge in [-0.3, -0.25) is 0 Å². The summed E-state index contributed by atoms with van der Waals surface area (Å²) in [6.07, 6.45) is 2.60. The van der Waals surface area contributed by atoms with Gasteiger partial charge in [0.25, 0.3) is 0 Å². The second-order valence-corrected chi connectivity index (χ2v) is 3.25. The molecular weight excluding hydrogens is 162 g/mol. The normalized spacial score (nSPS) is 18.8. The minimum Gasteiger partial charge on any atom is -0.490 e. The number of benzene rings is 1. The van der Waals surface area contributed by atoms with Crippen LogP contribution >= 0.6 is 0 Å². The minimum atomic E-state index is 0.219. The van der Waals surface area contributed by atoms with Crippen molar-refractivity contribution in [1.29, 1.82) is 5.26 Å². The molecule has 0 amide bonds. The van der Waals surface area contributed by atoms with Crippen molar-refractivity contribution in [3.05, 3.63) is 29.8 Å². The van der Waals surface area contributed by atoms with Crippen LogP contribution in [0.1, 0.15) is 18.4 Å². The van der Waals surface area contributed by atoms with Gasteiger partial charge < -0.3 is 4.74 Å². The van der Waals surface area contributed by atoms with Crippen LogP contribution in [0.3, 0.4) is 0 Å². The predicted octanol–water partition coefficient (Wildman–Crippen LogP) is 2.29. The standard InChI is InChI=1S/C11H11NO/c12-7-3-5-10-8-9-4-1-2-6-11(9)13-10/h1-2,4,6,10H,3,5,8H2. The number of para-hydroxylation sites is 1. The monoisotopic (exact) mass is 173 g/mol. The van der Waals surface area contributed by atoms with Crippen molar-refractivity contribution in [3.63, 3.8) is 0 Å². The van der Waals surface area contributed by atoms with E-state index >= 15 is 0 Å². The summed E-state index contributed by atoms with van der Waals surface area (Å²) in [6, 6.07) is 10.2. The molecule has 2 heteroatoms. The zero-order valence-corrected chi connectivity index (χ0v) is 7.36. The fourth-order valence-electron chi connectivity index (χ4n) is 1.64. The molecule has 1 aromatic carbocycles. The summed E-state index contributed by atoms with van der Waals surface area (Å²) in [6.45, 7) is 0. The second-order valence-electron chi connectivity index (χ2n) is 3.25. The maximum Gasteiger partial charge on any atom is 0.123 e. The average molecular weight is 173 g/mol. The summed E-state index contributed by atoms with van der Waals surface area (Å²) in [7, 11) is 0. The molecule has 2 rings (SSSR count). The summed E-state index contributed by atoms with van der Waals surface area (Å²) in [5.41, 5.74) is 1.27. The van der Waals surface area contributed by atoms with E-state index in [0.29, 0.717) is 6.42 Å². The van der Waals surface area contributed by atoms with E-state index in [2.05, 4.69) is 12.1 Å². The number of hydrogen-bond acceptors (Lipinski definition) is 2. The van der Waals surface area contributed by atoms with Crippen LogP contribution in [0, 0.1) is 11.3 Å². The first-order chi connectivity index (χ1) is 6.40. The van der Waals surface area contributed by atoms with Gasteiger partial charge in [-0.05, 0) is 18.1 Å². The van der Waals surface area contributed by atoms with Crippen molar-refractivity contribution in [2.45, 2.75) is 25.4 Å². The third-order valence-corrected chi connectivity index (χ3v) is 2.29. The first-order valence-corrected chi connectivity index (χ1v) is 4.51. The molecule has 1 unspecified atom stereocenters. The van der Waals surface area contributed by atoms with Gasteiger partial charge in [-0.15, -0.1) is 0 Å². The predicted molar refractivity (Wildman–Crippen MR) is 49.4 cm³/mol. The largest absolute Gasteiger partial charge is 0.490 e. The van der Waals surface area contributed by atoms with Gasteiger partial charge in [0.15, 0.2) is 0 Å². The Kier molecular flexibility index (Phi) is 2.18. The highest BCUT2D eigenvalue weighted by molar-refractivity contribution is 5.37. The van der Waals surface area contributed by atoms with Crippen LogP contribution in [0.2, 0.25) is 0 Å². The van der Waals surface area contributed by atoms with Gasteiger partial charge in [-0.1, -0.05) is 18.2 Å². The van der Waals surface area contributed by atoms with E-state index in [1.807, 2.05) is 18.2 Å². The summed E-state index contributed by atoms with van der Waals surface area (Å²) in [5, 5.41) is 8.44. The van der Waals surface area contributed by atoms with Crippen molar-refractivity contribution in [2.75, 3.05) is 0 Å². The number of ether oxygens (including phenoxy) is 1. The molecular formula is C11H11NO. The van der Waals surface area contributed by atoms with Crippen molar-refractivity contribution in [1.82, 2.24) is 0 Å². The Morgan fingerprint density at radius 1 is 1.46 bits per heavy atom. The van der Waals surface area contributed by atoms with Gasteiger partial charge in [0.1, 0.15) is 11.9 Å². The topological polar surface area (TPSA) is 33.0 Å².